The summed E-state index contributed by atoms with van der Waals surface area (Å²) in [7, 11) is 0. The number of benzene rings is 11. The molecule has 64 heavy (non-hydrogen) atoms. The maximum absolute atomic E-state index is 2.41. The van der Waals surface area contributed by atoms with Crippen LogP contribution >= 0.6 is 0 Å². The van der Waals surface area contributed by atoms with Crippen molar-refractivity contribution in [1.82, 2.24) is 4.57 Å². The summed E-state index contributed by atoms with van der Waals surface area (Å²) in [5, 5.41) is 7.49. The van der Waals surface area contributed by atoms with Gasteiger partial charge < -0.3 is 9.47 Å². The van der Waals surface area contributed by atoms with Crippen molar-refractivity contribution in [3.63, 3.8) is 0 Å². The highest BCUT2D eigenvalue weighted by Gasteiger charge is 2.20. The summed E-state index contributed by atoms with van der Waals surface area (Å²) in [6, 6.07) is 92.8. The highest BCUT2D eigenvalue weighted by Crippen LogP contribution is 2.44. The second kappa shape index (κ2) is 15.8. The quantitative estimate of drug-likeness (QED) is 0.148. The Kier molecular flexibility index (Phi) is 9.20. The first-order chi connectivity index (χ1) is 31.7. The molecule has 12 aromatic rings. The van der Waals surface area contributed by atoms with Gasteiger partial charge in [0, 0.05) is 33.4 Å². The summed E-state index contributed by atoms with van der Waals surface area (Å²) < 4.78 is 2.39. The SMILES string of the molecule is c1ccc(-c2cc(-c3cccc(-n4c5ccccc5c5ccccc54)c3)ccc2N(c2ccc(-c3ccc4ccccc4c3)cc2)c2ccc(-c3ccc4ccccc4c3)cc2)cc1. The van der Waals surface area contributed by atoms with E-state index in [9.17, 15) is 0 Å². The molecule has 11 aromatic carbocycles. The zero-order chi connectivity index (χ0) is 42.4. The maximum Gasteiger partial charge on any atom is 0.0541 e. The summed E-state index contributed by atoms with van der Waals surface area (Å²) >= 11 is 0. The summed E-state index contributed by atoms with van der Waals surface area (Å²) in [6.45, 7) is 0. The van der Waals surface area contributed by atoms with Gasteiger partial charge in [-0.05, 0) is 133 Å². The van der Waals surface area contributed by atoms with E-state index in [0.717, 1.165) is 45.0 Å². The summed E-state index contributed by atoms with van der Waals surface area (Å²) in [5.74, 6) is 0. The van der Waals surface area contributed by atoms with Gasteiger partial charge in [-0.1, -0.05) is 182 Å². The first-order valence-electron chi connectivity index (χ1n) is 22.0. The average Bonchev–Trinajstić information content (AvgIpc) is 3.71. The Bertz CT molecular complexity index is 3480. The van der Waals surface area contributed by atoms with Crippen LogP contribution in [0.15, 0.2) is 255 Å². The Balaban J connectivity index is 0.994. The molecule has 0 saturated heterocycles. The van der Waals surface area contributed by atoms with E-state index >= 15 is 0 Å². The van der Waals surface area contributed by atoms with Gasteiger partial charge in [-0.15, -0.1) is 0 Å². The second-order valence-electron chi connectivity index (χ2n) is 16.6. The molecular formula is C62H42N2. The van der Waals surface area contributed by atoms with E-state index < -0.39 is 0 Å². The third-order valence-electron chi connectivity index (χ3n) is 12.8. The van der Waals surface area contributed by atoms with E-state index in [1.807, 2.05) is 0 Å². The van der Waals surface area contributed by atoms with Gasteiger partial charge in [-0.3, -0.25) is 0 Å². The maximum atomic E-state index is 2.41. The average molecular weight is 815 g/mol. The second-order valence-corrected chi connectivity index (χ2v) is 16.6. The molecule has 0 saturated carbocycles. The van der Waals surface area contributed by atoms with E-state index in [0.29, 0.717) is 0 Å². The fraction of sp³-hybridized carbons (Fsp3) is 0. The minimum atomic E-state index is 1.08. The lowest BCUT2D eigenvalue weighted by Gasteiger charge is -2.29. The lowest BCUT2D eigenvalue weighted by molar-refractivity contribution is 1.18. The number of fused-ring (bicyclic) bond motifs is 5. The van der Waals surface area contributed by atoms with Gasteiger partial charge in [-0.25, -0.2) is 0 Å². The zero-order valence-corrected chi connectivity index (χ0v) is 35.1. The standard InChI is InChI=1S/C62H42N2/c1-2-15-47(16-3-1)59-42-53(50-19-12-20-56(41-50)64-60-23-10-8-21-57(60)58-22-9-11-24-61(58)64)33-38-62(59)63(54-34-29-45(30-35-54)51-27-25-43-13-4-6-17-48(43)39-51)55-36-31-46(32-37-55)52-28-26-44-14-5-7-18-49(44)40-52/h1-42H. The number of para-hydroxylation sites is 2. The van der Waals surface area contributed by atoms with Crippen LogP contribution in [-0.4, -0.2) is 4.57 Å². The van der Waals surface area contributed by atoms with Gasteiger partial charge in [0.1, 0.15) is 0 Å². The van der Waals surface area contributed by atoms with Crippen LogP contribution in [0.3, 0.4) is 0 Å². The number of nitrogens with zero attached hydrogens (tertiary/aromatic N) is 2. The molecule has 0 bridgehead atoms. The first kappa shape index (κ1) is 37.3. The van der Waals surface area contributed by atoms with Crippen LogP contribution in [0, 0.1) is 0 Å². The number of rotatable bonds is 8. The van der Waals surface area contributed by atoms with Crippen LogP contribution in [0.25, 0.3) is 93.5 Å². The molecular weight excluding hydrogens is 773 g/mol. The molecule has 0 radical (unpaired) electrons. The van der Waals surface area contributed by atoms with Crippen molar-refractivity contribution >= 4 is 60.4 Å². The zero-order valence-electron chi connectivity index (χ0n) is 35.1. The molecule has 2 nitrogen and oxygen atoms in total. The normalized spacial score (nSPS) is 11.4. The minimum Gasteiger partial charge on any atom is -0.310 e. The van der Waals surface area contributed by atoms with Crippen LogP contribution in [0.4, 0.5) is 17.1 Å². The van der Waals surface area contributed by atoms with Crippen molar-refractivity contribution in [1.29, 1.82) is 0 Å². The smallest absolute Gasteiger partial charge is 0.0541 e. The topological polar surface area (TPSA) is 8.17 Å². The number of aromatic nitrogens is 1. The van der Waals surface area contributed by atoms with Crippen LogP contribution in [0.2, 0.25) is 0 Å². The number of hydrogen-bond donors (Lipinski definition) is 0. The Labute approximate surface area is 373 Å². The Morgan fingerprint density at radius 1 is 0.266 bits per heavy atom. The van der Waals surface area contributed by atoms with E-state index in [1.165, 1.54) is 65.6 Å². The molecule has 2 heteroatoms. The van der Waals surface area contributed by atoms with E-state index in [-0.39, 0.29) is 0 Å². The Morgan fingerprint density at radius 3 is 1.28 bits per heavy atom. The highest BCUT2D eigenvalue weighted by molar-refractivity contribution is 6.09. The number of anilines is 3. The van der Waals surface area contributed by atoms with Crippen molar-refractivity contribution in [2.45, 2.75) is 0 Å². The molecule has 0 aliphatic rings. The lowest BCUT2D eigenvalue weighted by atomic mass is 9.95. The van der Waals surface area contributed by atoms with Crippen molar-refractivity contribution in [2.75, 3.05) is 4.90 Å². The molecule has 0 unspecified atom stereocenters. The van der Waals surface area contributed by atoms with Gasteiger partial charge in [0.25, 0.3) is 0 Å². The minimum absolute atomic E-state index is 1.08. The van der Waals surface area contributed by atoms with Crippen LogP contribution < -0.4 is 4.90 Å². The molecule has 1 heterocycles. The van der Waals surface area contributed by atoms with Crippen LogP contribution in [0.1, 0.15) is 0 Å². The predicted molar refractivity (Wildman–Crippen MR) is 272 cm³/mol. The first-order valence-corrected chi connectivity index (χ1v) is 22.0. The van der Waals surface area contributed by atoms with Crippen LogP contribution in [-0.2, 0) is 0 Å². The molecule has 12 rings (SSSR count). The summed E-state index contributed by atoms with van der Waals surface area (Å²) in [4.78, 5) is 2.41. The van der Waals surface area contributed by atoms with Crippen molar-refractivity contribution < 1.29 is 0 Å². The monoisotopic (exact) mass is 814 g/mol. The predicted octanol–water partition coefficient (Wildman–Crippen LogP) is 17.2. The van der Waals surface area contributed by atoms with Gasteiger partial charge in [0.2, 0.25) is 0 Å². The van der Waals surface area contributed by atoms with Gasteiger partial charge >= 0.3 is 0 Å². The molecule has 300 valence electrons. The van der Waals surface area contributed by atoms with Gasteiger partial charge in [0.15, 0.2) is 0 Å². The molecule has 0 aliphatic heterocycles. The molecule has 0 amide bonds. The van der Waals surface area contributed by atoms with Gasteiger partial charge in [-0.2, -0.15) is 0 Å². The third kappa shape index (κ3) is 6.70. The summed E-state index contributed by atoms with van der Waals surface area (Å²) in [5.41, 5.74) is 16.2. The molecule has 0 atom stereocenters. The lowest BCUT2D eigenvalue weighted by Crippen LogP contribution is -2.11. The fourth-order valence-electron chi connectivity index (χ4n) is 9.56. The van der Waals surface area contributed by atoms with Crippen molar-refractivity contribution in [3.8, 4) is 50.2 Å². The molecule has 0 N–H and O–H groups in total. The largest absolute Gasteiger partial charge is 0.310 e. The van der Waals surface area contributed by atoms with Crippen LogP contribution in [0.5, 0.6) is 0 Å². The molecule has 1 aromatic heterocycles. The van der Waals surface area contributed by atoms with Crippen molar-refractivity contribution in [2.24, 2.45) is 0 Å². The fourth-order valence-corrected chi connectivity index (χ4v) is 9.56. The Morgan fingerprint density at radius 2 is 0.703 bits per heavy atom. The Hall–Kier alpha value is -8.46. The molecule has 0 aliphatic carbocycles. The van der Waals surface area contributed by atoms with E-state index in [2.05, 4.69) is 264 Å². The third-order valence-corrected chi connectivity index (χ3v) is 12.8. The highest BCUT2D eigenvalue weighted by atomic mass is 15.1. The number of hydrogen-bond acceptors (Lipinski definition) is 1. The molecule has 0 fully saturated rings. The van der Waals surface area contributed by atoms with E-state index in [4.69, 9.17) is 0 Å². The van der Waals surface area contributed by atoms with Gasteiger partial charge in [0.05, 0.1) is 16.7 Å². The molecule has 0 spiro atoms. The van der Waals surface area contributed by atoms with E-state index in [1.54, 1.807) is 0 Å². The van der Waals surface area contributed by atoms with Crippen molar-refractivity contribution in [3.05, 3.63) is 255 Å². The summed E-state index contributed by atoms with van der Waals surface area (Å²) in [6.07, 6.45) is 0.